The van der Waals surface area contributed by atoms with Crippen LogP contribution in [0.4, 0.5) is 0 Å². The average Bonchev–Trinajstić information content (AvgIpc) is 2.48. The number of benzene rings is 3. The molecule has 0 radical (unpaired) electrons. The van der Waals surface area contributed by atoms with Gasteiger partial charge in [-0.2, -0.15) is 0 Å². The Morgan fingerprint density at radius 1 is 0.850 bits per heavy atom. The van der Waals surface area contributed by atoms with Crippen molar-refractivity contribution in [3.8, 4) is 5.75 Å². The first-order chi connectivity index (χ1) is 9.74. The summed E-state index contributed by atoms with van der Waals surface area (Å²) in [7, 11) is 0. The van der Waals surface area contributed by atoms with Crippen LogP contribution < -0.4 is 5.43 Å². The second-order valence-electron chi connectivity index (χ2n) is 4.89. The Morgan fingerprint density at radius 2 is 1.65 bits per heavy atom. The van der Waals surface area contributed by atoms with Gasteiger partial charge in [0, 0.05) is 21.8 Å². The fourth-order valence-electron chi connectivity index (χ4n) is 2.70. The van der Waals surface area contributed by atoms with E-state index in [1.807, 2.05) is 42.5 Å². The topological polar surface area (TPSA) is 53.1 Å². The first kappa shape index (κ1) is 11.1. The van der Waals surface area contributed by atoms with Crippen LogP contribution in [-0.4, -0.2) is 10.1 Å². The van der Waals surface area contributed by atoms with E-state index < -0.39 is 0 Å². The molecule has 96 valence electrons. The summed E-state index contributed by atoms with van der Waals surface area (Å²) >= 11 is 0. The predicted molar refractivity (Wildman–Crippen MR) is 81.2 cm³/mol. The highest BCUT2D eigenvalue weighted by molar-refractivity contribution is 6.12. The first-order valence-corrected chi connectivity index (χ1v) is 6.40. The molecule has 1 heterocycles. The molecule has 20 heavy (non-hydrogen) atoms. The highest BCUT2D eigenvalue weighted by atomic mass is 16.3. The van der Waals surface area contributed by atoms with Gasteiger partial charge in [-0.1, -0.05) is 30.3 Å². The van der Waals surface area contributed by atoms with E-state index in [2.05, 4.69) is 4.98 Å². The van der Waals surface area contributed by atoms with Crippen LogP contribution in [0.1, 0.15) is 0 Å². The number of aromatic hydroxyl groups is 1. The minimum Gasteiger partial charge on any atom is -0.504 e. The summed E-state index contributed by atoms with van der Waals surface area (Å²) in [5.41, 5.74) is 1.58. The van der Waals surface area contributed by atoms with Crippen LogP contribution in [0.5, 0.6) is 5.75 Å². The fraction of sp³-hybridized carbons (Fsp3) is 0. The number of aromatic nitrogens is 1. The first-order valence-electron chi connectivity index (χ1n) is 6.40. The number of phenolic OH excluding ortho intramolecular Hbond substituents is 1. The number of rotatable bonds is 0. The van der Waals surface area contributed by atoms with Crippen molar-refractivity contribution in [1.82, 2.24) is 4.98 Å². The smallest absolute Gasteiger partial charge is 0.220 e. The van der Waals surface area contributed by atoms with Crippen LogP contribution >= 0.6 is 0 Å². The van der Waals surface area contributed by atoms with Gasteiger partial charge in [-0.05, 0) is 35.0 Å². The average molecular weight is 261 g/mol. The third-order valence-corrected chi connectivity index (χ3v) is 3.69. The number of aromatic amines is 1. The lowest BCUT2D eigenvalue weighted by atomic mass is 10.0. The monoisotopic (exact) mass is 261 g/mol. The van der Waals surface area contributed by atoms with E-state index in [0.717, 1.165) is 27.2 Å². The number of para-hydroxylation sites is 1. The summed E-state index contributed by atoms with van der Waals surface area (Å²) in [4.78, 5) is 15.0. The molecule has 3 aromatic carbocycles. The summed E-state index contributed by atoms with van der Waals surface area (Å²) in [6.45, 7) is 0. The summed E-state index contributed by atoms with van der Waals surface area (Å²) in [6.07, 6.45) is 0. The largest absolute Gasteiger partial charge is 0.504 e. The van der Waals surface area contributed by atoms with Crippen molar-refractivity contribution < 1.29 is 5.11 Å². The fourth-order valence-corrected chi connectivity index (χ4v) is 2.70. The second kappa shape index (κ2) is 3.84. The van der Waals surface area contributed by atoms with Gasteiger partial charge in [-0.25, -0.2) is 0 Å². The van der Waals surface area contributed by atoms with Crippen molar-refractivity contribution in [1.29, 1.82) is 0 Å². The normalized spacial score (nSPS) is 11.4. The lowest BCUT2D eigenvalue weighted by Gasteiger charge is -2.07. The minimum atomic E-state index is -0.349. The molecule has 0 amide bonds. The Morgan fingerprint density at radius 3 is 2.55 bits per heavy atom. The summed E-state index contributed by atoms with van der Waals surface area (Å²) in [6, 6.07) is 17.0. The van der Waals surface area contributed by atoms with Crippen molar-refractivity contribution >= 4 is 32.6 Å². The van der Waals surface area contributed by atoms with Gasteiger partial charge >= 0.3 is 0 Å². The third-order valence-electron chi connectivity index (χ3n) is 3.69. The van der Waals surface area contributed by atoms with Gasteiger partial charge in [0.2, 0.25) is 5.43 Å². The maximum Gasteiger partial charge on any atom is 0.220 e. The van der Waals surface area contributed by atoms with Crippen LogP contribution in [0.15, 0.2) is 59.4 Å². The molecule has 3 nitrogen and oxygen atoms in total. The minimum absolute atomic E-state index is 0.184. The van der Waals surface area contributed by atoms with Crippen LogP contribution in [0, 0.1) is 0 Å². The number of fused-ring (bicyclic) bond motifs is 4. The lowest BCUT2D eigenvalue weighted by molar-refractivity contribution is 0.477. The standard InChI is InChI=1S/C17H11NO2/c19-15-8-6-10-5-7-14-12(16(10)17(15)20)9-11-3-1-2-4-13(11)18-14/h1-9,18,20H. The number of hydrogen-bond acceptors (Lipinski definition) is 2. The molecule has 4 aromatic rings. The van der Waals surface area contributed by atoms with Crippen molar-refractivity contribution in [2.45, 2.75) is 0 Å². The SMILES string of the molecule is O=c1ccc2ccc3[nH]c4ccccc4cc3c2c1O. The van der Waals surface area contributed by atoms with Crippen LogP contribution in [-0.2, 0) is 0 Å². The number of nitrogens with one attached hydrogen (secondary N) is 1. The van der Waals surface area contributed by atoms with Crippen LogP contribution in [0.3, 0.4) is 0 Å². The molecule has 0 aliphatic heterocycles. The van der Waals surface area contributed by atoms with Gasteiger partial charge < -0.3 is 10.1 Å². The highest BCUT2D eigenvalue weighted by Crippen LogP contribution is 2.31. The lowest BCUT2D eigenvalue weighted by Crippen LogP contribution is -1.97. The Kier molecular flexibility index (Phi) is 2.12. The highest BCUT2D eigenvalue weighted by Gasteiger charge is 2.09. The van der Waals surface area contributed by atoms with E-state index >= 15 is 0 Å². The number of phenols is 1. The maximum absolute atomic E-state index is 11.7. The zero-order valence-electron chi connectivity index (χ0n) is 10.6. The Balaban J connectivity index is 2.31. The molecule has 1 aromatic heterocycles. The summed E-state index contributed by atoms with van der Waals surface area (Å²) < 4.78 is 0. The van der Waals surface area contributed by atoms with Gasteiger partial charge in [-0.15, -0.1) is 0 Å². The molecular formula is C17H11NO2. The van der Waals surface area contributed by atoms with E-state index in [1.54, 1.807) is 6.07 Å². The number of H-pyrrole nitrogens is 1. The zero-order valence-corrected chi connectivity index (χ0v) is 10.6. The van der Waals surface area contributed by atoms with Gasteiger partial charge in [0.1, 0.15) is 0 Å². The molecule has 0 fully saturated rings. The van der Waals surface area contributed by atoms with Gasteiger partial charge in [0.15, 0.2) is 5.75 Å². The molecule has 0 aliphatic rings. The quantitative estimate of drug-likeness (QED) is 0.376. The van der Waals surface area contributed by atoms with Crippen molar-refractivity contribution in [3.05, 3.63) is 64.8 Å². The molecule has 3 heteroatoms. The van der Waals surface area contributed by atoms with Gasteiger partial charge in [0.05, 0.1) is 0 Å². The van der Waals surface area contributed by atoms with Crippen molar-refractivity contribution in [2.24, 2.45) is 0 Å². The summed E-state index contributed by atoms with van der Waals surface area (Å²) in [5, 5.41) is 13.5. The molecule has 2 N–H and O–H groups in total. The molecule has 0 aliphatic carbocycles. The van der Waals surface area contributed by atoms with E-state index in [1.165, 1.54) is 6.07 Å². The van der Waals surface area contributed by atoms with E-state index in [-0.39, 0.29) is 11.2 Å². The molecule has 0 atom stereocenters. The maximum atomic E-state index is 11.7. The van der Waals surface area contributed by atoms with E-state index in [9.17, 15) is 9.90 Å². The Hall–Kier alpha value is -2.81. The number of hydrogen-bond donors (Lipinski definition) is 2. The Labute approximate surface area is 114 Å². The van der Waals surface area contributed by atoms with E-state index in [4.69, 9.17) is 0 Å². The van der Waals surface area contributed by atoms with Crippen molar-refractivity contribution in [2.75, 3.05) is 0 Å². The molecule has 0 bridgehead atoms. The molecule has 0 spiro atoms. The molecule has 0 saturated carbocycles. The van der Waals surface area contributed by atoms with E-state index in [0.29, 0.717) is 5.39 Å². The molecular weight excluding hydrogens is 250 g/mol. The van der Waals surface area contributed by atoms with Crippen LogP contribution in [0.2, 0.25) is 0 Å². The van der Waals surface area contributed by atoms with Crippen LogP contribution in [0.25, 0.3) is 32.6 Å². The summed E-state index contributed by atoms with van der Waals surface area (Å²) in [5.74, 6) is -0.184. The van der Waals surface area contributed by atoms with Crippen molar-refractivity contribution in [3.63, 3.8) is 0 Å². The third kappa shape index (κ3) is 1.43. The molecule has 0 unspecified atom stereocenters. The predicted octanol–water partition coefficient (Wildman–Crippen LogP) is 3.54. The van der Waals surface area contributed by atoms with Gasteiger partial charge in [-0.3, -0.25) is 4.79 Å². The zero-order chi connectivity index (χ0) is 13.7. The molecule has 4 rings (SSSR count). The Bertz CT molecular complexity index is 1030. The second-order valence-corrected chi connectivity index (χ2v) is 4.89. The van der Waals surface area contributed by atoms with Gasteiger partial charge in [0.25, 0.3) is 0 Å². The number of pyridine rings is 1. The molecule has 0 saturated heterocycles.